The van der Waals surface area contributed by atoms with E-state index in [1.807, 2.05) is 19.1 Å². The van der Waals surface area contributed by atoms with Crippen molar-refractivity contribution in [2.45, 2.75) is 51.0 Å². The lowest BCUT2D eigenvalue weighted by Gasteiger charge is -2.37. The van der Waals surface area contributed by atoms with E-state index < -0.39 is 0 Å². The van der Waals surface area contributed by atoms with Crippen LogP contribution >= 0.6 is 11.6 Å². The van der Waals surface area contributed by atoms with Crippen LogP contribution in [0.3, 0.4) is 0 Å². The molecule has 1 heterocycles. The first kappa shape index (κ1) is 18.8. The summed E-state index contributed by atoms with van der Waals surface area (Å²) in [5.41, 5.74) is 10.2. The number of ether oxygens (including phenoxy) is 1. The van der Waals surface area contributed by atoms with Crippen molar-refractivity contribution in [3.8, 4) is 5.75 Å². The first-order valence-corrected chi connectivity index (χ1v) is 10.1. The third-order valence-electron chi connectivity index (χ3n) is 5.93. The van der Waals surface area contributed by atoms with Crippen LogP contribution in [0.25, 0.3) is 0 Å². The van der Waals surface area contributed by atoms with E-state index in [0.717, 1.165) is 42.7 Å². The van der Waals surface area contributed by atoms with Crippen LogP contribution < -0.4 is 10.5 Å². The lowest BCUT2D eigenvalue weighted by molar-refractivity contribution is 0.0111. The van der Waals surface area contributed by atoms with Gasteiger partial charge in [0.2, 0.25) is 0 Å². The lowest BCUT2D eigenvalue weighted by Crippen LogP contribution is -2.47. The number of hydrogen-bond donors (Lipinski definition) is 2. The number of rotatable bonds is 4. The Hall–Kier alpha value is -1.59. The van der Waals surface area contributed by atoms with Crippen LogP contribution in [0.15, 0.2) is 36.4 Å². The van der Waals surface area contributed by atoms with E-state index in [1.54, 1.807) is 0 Å². The molecule has 0 radical (unpaired) electrons. The van der Waals surface area contributed by atoms with Crippen LogP contribution in [0.4, 0.5) is 0 Å². The Morgan fingerprint density at radius 1 is 1.26 bits per heavy atom. The van der Waals surface area contributed by atoms with E-state index in [4.69, 9.17) is 22.1 Å². The fourth-order valence-electron chi connectivity index (χ4n) is 4.43. The van der Waals surface area contributed by atoms with Crippen LogP contribution in [0.2, 0.25) is 5.02 Å². The predicted molar refractivity (Wildman–Crippen MR) is 108 cm³/mol. The number of likely N-dealkylation sites (tertiary alicyclic amines) is 1. The summed E-state index contributed by atoms with van der Waals surface area (Å²) in [6, 6.07) is 12.7. The van der Waals surface area contributed by atoms with E-state index in [2.05, 4.69) is 29.2 Å². The Morgan fingerprint density at radius 3 is 2.85 bits per heavy atom. The average molecular weight is 387 g/mol. The van der Waals surface area contributed by atoms with Crippen molar-refractivity contribution in [1.29, 1.82) is 0 Å². The molecule has 2 aromatic rings. The highest BCUT2D eigenvalue weighted by molar-refractivity contribution is 6.32. The summed E-state index contributed by atoms with van der Waals surface area (Å²) in [5, 5.41) is 10.8. The summed E-state index contributed by atoms with van der Waals surface area (Å²) in [7, 11) is 0. The van der Waals surface area contributed by atoms with Gasteiger partial charge >= 0.3 is 0 Å². The maximum absolute atomic E-state index is 10.2. The Bertz CT molecular complexity index is 826. The van der Waals surface area contributed by atoms with E-state index in [0.29, 0.717) is 18.1 Å². The zero-order chi connectivity index (χ0) is 19.0. The van der Waals surface area contributed by atoms with Crippen molar-refractivity contribution in [2.75, 3.05) is 13.1 Å². The Kier molecular flexibility index (Phi) is 5.42. The third-order valence-corrected chi connectivity index (χ3v) is 6.45. The number of hydrogen-bond acceptors (Lipinski definition) is 4. The number of aliphatic hydroxyl groups excluding tert-OH is 1. The van der Waals surface area contributed by atoms with E-state index in [9.17, 15) is 5.11 Å². The number of piperidine rings is 1. The molecule has 0 saturated carbocycles. The summed E-state index contributed by atoms with van der Waals surface area (Å²) in [5.74, 6) is 0.807. The minimum absolute atomic E-state index is 0.0648. The molecule has 1 aliphatic heterocycles. The highest BCUT2D eigenvalue weighted by atomic mass is 35.5. The second-order valence-corrected chi connectivity index (χ2v) is 8.04. The molecule has 0 spiro atoms. The summed E-state index contributed by atoms with van der Waals surface area (Å²) in [4.78, 5) is 2.39. The van der Waals surface area contributed by atoms with Gasteiger partial charge in [0.1, 0.15) is 11.9 Å². The van der Waals surface area contributed by atoms with Crippen molar-refractivity contribution in [2.24, 2.45) is 5.73 Å². The number of nitrogens with zero attached hydrogens (tertiary/aromatic N) is 1. The molecular formula is C22H27ClN2O2. The average Bonchev–Trinajstić information content (AvgIpc) is 3.04. The van der Waals surface area contributed by atoms with Crippen molar-refractivity contribution >= 4 is 11.6 Å². The number of fused-ring (bicyclic) bond motifs is 1. The number of β-amino-alcohol motifs (C(OH)–C–C–N with tert-alkyl or cyclic N) is 1. The standard InChI is InChI=1S/C22H27ClN2O2/c1-14-20(9-8-16(12-24)21(14)23)27-22-18-7-3-2-5-15(18)11-19(22)25-10-4-6-17(26)13-25/h2-3,5,7-9,17,19,22,26H,4,6,10-13,24H2,1H3. The molecule has 144 valence electrons. The fraction of sp³-hybridized carbons (Fsp3) is 0.455. The Labute approximate surface area is 165 Å². The topological polar surface area (TPSA) is 58.7 Å². The molecule has 1 aliphatic carbocycles. The number of aliphatic hydroxyl groups is 1. The molecule has 3 atom stereocenters. The molecular weight excluding hydrogens is 360 g/mol. The fourth-order valence-corrected chi connectivity index (χ4v) is 4.66. The number of benzene rings is 2. The summed E-state index contributed by atoms with van der Waals surface area (Å²) >= 11 is 6.48. The van der Waals surface area contributed by atoms with Gasteiger partial charge in [-0.25, -0.2) is 0 Å². The van der Waals surface area contributed by atoms with Crippen molar-refractivity contribution in [3.63, 3.8) is 0 Å². The van der Waals surface area contributed by atoms with Gasteiger partial charge in [0, 0.05) is 18.7 Å². The van der Waals surface area contributed by atoms with Gasteiger partial charge in [0.05, 0.1) is 17.2 Å². The zero-order valence-electron chi connectivity index (χ0n) is 15.7. The summed E-state index contributed by atoms with van der Waals surface area (Å²) in [6.45, 7) is 4.11. The molecule has 0 bridgehead atoms. The van der Waals surface area contributed by atoms with E-state index in [1.165, 1.54) is 11.1 Å². The van der Waals surface area contributed by atoms with Crippen LogP contribution in [-0.4, -0.2) is 35.2 Å². The maximum Gasteiger partial charge on any atom is 0.140 e. The normalized spacial score (nSPS) is 25.4. The molecule has 3 N–H and O–H groups in total. The smallest absolute Gasteiger partial charge is 0.140 e. The van der Waals surface area contributed by atoms with Gasteiger partial charge in [-0.3, -0.25) is 4.90 Å². The van der Waals surface area contributed by atoms with Gasteiger partial charge in [-0.1, -0.05) is 41.9 Å². The van der Waals surface area contributed by atoms with Crippen LogP contribution in [-0.2, 0) is 13.0 Å². The van der Waals surface area contributed by atoms with Gasteiger partial charge < -0.3 is 15.6 Å². The molecule has 4 nitrogen and oxygen atoms in total. The second kappa shape index (κ2) is 7.80. The first-order chi connectivity index (χ1) is 13.1. The number of halogens is 1. The summed E-state index contributed by atoms with van der Waals surface area (Å²) < 4.78 is 6.57. The van der Waals surface area contributed by atoms with E-state index in [-0.39, 0.29) is 18.2 Å². The molecule has 0 amide bonds. The van der Waals surface area contributed by atoms with Crippen molar-refractivity contribution in [1.82, 2.24) is 4.90 Å². The quantitative estimate of drug-likeness (QED) is 0.842. The first-order valence-electron chi connectivity index (χ1n) is 9.73. The highest BCUT2D eigenvalue weighted by Gasteiger charge is 2.39. The molecule has 2 aromatic carbocycles. The monoisotopic (exact) mass is 386 g/mol. The summed E-state index contributed by atoms with van der Waals surface area (Å²) in [6.07, 6.45) is 2.54. The second-order valence-electron chi connectivity index (χ2n) is 7.67. The number of nitrogens with two attached hydrogens (primary N) is 1. The molecule has 0 aromatic heterocycles. The maximum atomic E-state index is 10.2. The molecule has 3 unspecified atom stereocenters. The van der Waals surface area contributed by atoms with Crippen molar-refractivity contribution in [3.05, 3.63) is 63.7 Å². The lowest BCUT2D eigenvalue weighted by atomic mass is 10.0. The van der Waals surface area contributed by atoms with Crippen molar-refractivity contribution < 1.29 is 9.84 Å². The Balaban J connectivity index is 1.66. The van der Waals surface area contributed by atoms with E-state index >= 15 is 0 Å². The highest BCUT2D eigenvalue weighted by Crippen LogP contribution is 2.40. The molecule has 2 aliphatic rings. The van der Waals surface area contributed by atoms with Crippen LogP contribution in [0.5, 0.6) is 5.75 Å². The van der Waals surface area contributed by atoms with Gasteiger partial charge in [0.15, 0.2) is 0 Å². The molecule has 4 rings (SSSR count). The molecule has 1 saturated heterocycles. The largest absolute Gasteiger partial charge is 0.484 e. The van der Waals surface area contributed by atoms with Gasteiger partial charge in [-0.2, -0.15) is 0 Å². The zero-order valence-corrected chi connectivity index (χ0v) is 16.5. The third kappa shape index (κ3) is 3.59. The molecule has 5 heteroatoms. The predicted octanol–water partition coefficient (Wildman–Crippen LogP) is 3.61. The minimum Gasteiger partial charge on any atom is -0.484 e. The van der Waals surface area contributed by atoms with Crippen LogP contribution in [0.1, 0.15) is 41.2 Å². The van der Waals surface area contributed by atoms with Gasteiger partial charge in [0.25, 0.3) is 0 Å². The Morgan fingerprint density at radius 2 is 2.07 bits per heavy atom. The molecule has 1 fully saturated rings. The van der Waals surface area contributed by atoms with Crippen LogP contribution in [0, 0.1) is 6.92 Å². The van der Waals surface area contributed by atoms with Gasteiger partial charge in [-0.05, 0) is 55.5 Å². The SMILES string of the molecule is Cc1c(OC2c3ccccc3CC2N2CCCC(O)C2)ccc(CN)c1Cl. The minimum atomic E-state index is -0.247. The molecule has 27 heavy (non-hydrogen) atoms. The van der Waals surface area contributed by atoms with Gasteiger partial charge in [-0.15, -0.1) is 0 Å².